The monoisotopic (exact) mass is 507 g/mol. The van der Waals surface area contributed by atoms with E-state index in [1.165, 1.54) is 37.6 Å². The van der Waals surface area contributed by atoms with Crippen LogP contribution in [0.3, 0.4) is 0 Å². The van der Waals surface area contributed by atoms with E-state index in [4.69, 9.17) is 14.2 Å². The Kier molecular flexibility index (Phi) is 8.50. The first-order valence-electron chi connectivity index (χ1n) is 11.2. The third-order valence-electron chi connectivity index (χ3n) is 6.57. The van der Waals surface area contributed by atoms with Crippen molar-refractivity contribution in [3.05, 3.63) is 63.2 Å². The van der Waals surface area contributed by atoms with Crippen molar-refractivity contribution in [1.82, 2.24) is 4.31 Å². The van der Waals surface area contributed by atoms with E-state index < -0.39 is 20.5 Å². The van der Waals surface area contributed by atoms with Gasteiger partial charge >= 0.3 is 0 Å². The molecule has 1 unspecified atom stereocenters. The van der Waals surface area contributed by atoms with Crippen LogP contribution in [0.5, 0.6) is 0 Å². The lowest BCUT2D eigenvalue weighted by atomic mass is 9.89. The topological polar surface area (TPSA) is 120 Å². The molecule has 192 valence electrons. The van der Waals surface area contributed by atoms with Crippen molar-refractivity contribution in [1.29, 1.82) is 0 Å². The molecule has 3 rings (SSSR count). The summed E-state index contributed by atoms with van der Waals surface area (Å²) in [5.74, 6) is 0. The minimum atomic E-state index is -4.03. The summed E-state index contributed by atoms with van der Waals surface area (Å²) in [6, 6.07) is 10.6. The number of ether oxygens (including phenoxy) is 3. The summed E-state index contributed by atoms with van der Waals surface area (Å²) >= 11 is 0. The Labute approximate surface area is 206 Å². The van der Waals surface area contributed by atoms with Gasteiger partial charge < -0.3 is 19.5 Å². The lowest BCUT2D eigenvalue weighted by Gasteiger charge is -2.50. The van der Waals surface area contributed by atoms with E-state index in [9.17, 15) is 18.5 Å². The molecule has 0 aromatic heterocycles. The molecule has 1 heterocycles. The van der Waals surface area contributed by atoms with Crippen LogP contribution in [0.15, 0.2) is 41.3 Å². The van der Waals surface area contributed by atoms with Gasteiger partial charge in [0, 0.05) is 40.0 Å². The first kappa shape index (κ1) is 27.0. The van der Waals surface area contributed by atoms with Crippen molar-refractivity contribution in [2.75, 3.05) is 52.9 Å². The quantitative estimate of drug-likeness (QED) is 0.343. The number of rotatable bonds is 12. The number of anilines is 1. The van der Waals surface area contributed by atoms with Crippen LogP contribution in [-0.2, 0) is 24.2 Å². The lowest BCUT2D eigenvalue weighted by molar-refractivity contribution is -0.384. The summed E-state index contributed by atoms with van der Waals surface area (Å²) in [6.45, 7) is 4.31. The average molecular weight is 508 g/mol. The molecule has 1 atom stereocenters. The van der Waals surface area contributed by atoms with Gasteiger partial charge in [0.15, 0.2) is 0 Å². The van der Waals surface area contributed by atoms with Gasteiger partial charge in [0.05, 0.1) is 34.7 Å². The van der Waals surface area contributed by atoms with Crippen molar-refractivity contribution >= 4 is 21.4 Å². The summed E-state index contributed by atoms with van der Waals surface area (Å²) in [5.41, 5.74) is 1.19. The van der Waals surface area contributed by atoms with Crippen molar-refractivity contribution < 1.29 is 27.6 Å². The summed E-state index contributed by atoms with van der Waals surface area (Å²) < 4.78 is 44.6. The van der Waals surface area contributed by atoms with Crippen LogP contribution in [0.2, 0.25) is 0 Å². The molecular formula is C24H33N3O7S. The molecule has 0 bridgehead atoms. The van der Waals surface area contributed by atoms with Crippen LogP contribution in [0.4, 0.5) is 11.4 Å². The first-order valence-corrected chi connectivity index (χ1v) is 12.7. The van der Waals surface area contributed by atoms with E-state index in [0.717, 1.165) is 11.1 Å². The Morgan fingerprint density at radius 1 is 1.11 bits per heavy atom. The van der Waals surface area contributed by atoms with Gasteiger partial charge in [0.1, 0.15) is 5.69 Å². The average Bonchev–Trinajstić information content (AvgIpc) is 2.78. The predicted molar refractivity (Wildman–Crippen MR) is 132 cm³/mol. The second-order valence-corrected chi connectivity index (χ2v) is 10.6. The Balaban J connectivity index is 1.94. The second-order valence-electron chi connectivity index (χ2n) is 8.72. The fraction of sp³-hybridized carbons (Fsp3) is 0.500. The molecule has 11 heteroatoms. The van der Waals surface area contributed by atoms with Gasteiger partial charge in [0.25, 0.3) is 5.69 Å². The number of methoxy groups -OCH3 is 3. The normalized spacial score (nSPS) is 16.5. The number of nitrogens with one attached hydrogen (secondary N) is 1. The van der Waals surface area contributed by atoms with Gasteiger partial charge in [-0.1, -0.05) is 24.3 Å². The minimum absolute atomic E-state index is 0.0699. The zero-order chi connectivity index (χ0) is 25.8. The summed E-state index contributed by atoms with van der Waals surface area (Å²) in [5, 5.41) is 15.1. The molecule has 0 spiro atoms. The highest BCUT2D eigenvalue weighted by Gasteiger charge is 2.52. The molecule has 1 aliphatic heterocycles. The maximum atomic E-state index is 13.6. The summed E-state index contributed by atoms with van der Waals surface area (Å²) in [6.07, 6.45) is 0.232. The molecule has 35 heavy (non-hydrogen) atoms. The SMILES string of the molecule is COCC1(COC)CCN1S(=O)(=O)c1ccc(NCC(OC)c2ccccc2C)c([N+](=O)[O-])c1C. The number of benzene rings is 2. The maximum Gasteiger partial charge on any atom is 0.296 e. The molecule has 1 N–H and O–H groups in total. The van der Waals surface area contributed by atoms with Crippen LogP contribution in [0.25, 0.3) is 0 Å². The van der Waals surface area contributed by atoms with Crippen molar-refractivity contribution in [3.8, 4) is 0 Å². The number of sulfonamides is 1. The highest BCUT2D eigenvalue weighted by atomic mass is 32.2. The molecule has 0 aliphatic carbocycles. The van der Waals surface area contributed by atoms with Crippen LogP contribution in [0.1, 0.15) is 29.2 Å². The molecule has 0 saturated carbocycles. The molecule has 2 aromatic carbocycles. The van der Waals surface area contributed by atoms with Crippen LogP contribution in [-0.4, -0.2) is 70.8 Å². The fourth-order valence-electron chi connectivity index (χ4n) is 4.69. The second kappa shape index (κ2) is 11.0. The van der Waals surface area contributed by atoms with E-state index in [-0.39, 0.29) is 54.2 Å². The molecule has 1 fully saturated rings. The van der Waals surface area contributed by atoms with E-state index in [0.29, 0.717) is 6.42 Å². The zero-order valence-corrected chi connectivity index (χ0v) is 21.6. The van der Waals surface area contributed by atoms with Crippen molar-refractivity contribution in [2.45, 2.75) is 36.8 Å². The van der Waals surface area contributed by atoms with Crippen LogP contribution in [0, 0.1) is 24.0 Å². The molecule has 0 radical (unpaired) electrons. The third kappa shape index (κ3) is 5.19. The van der Waals surface area contributed by atoms with E-state index in [1.54, 1.807) is 7.11 Å². The molecule has 2 aromatic rings. The van der Waals surface area contributed by atoms with Gasteiger partial charge in [-0.15, -0.1) is 0 Å². The van der Waals surface area contributed by atoms with Crippen LogP contribution >= 0.6 is 0 Å². The Morgan fingerprint density at radius 2 is 1.77 bits per heavy atom. The summed E-state index contributed by atoms with van der Waals surface area (Å²) in [7, 11) is 0.554. The number of nitro benzene ring substituents is 1. The highest BCUT2D eigenvalue weighted by Crippen LogP contribution is 2.41. The van der Waals surface area contributed by atoms with Gasteiger partial charge in [-0.25, -0.2) is 8.42 Å². The fourth-order valence-corrected chi connectivity index (χ4v) is 6.69. The number of hydrogen-bond acceptors (Lipinski definition) is 8. The molecule has 1 aliphatic rings. The number of nitrogens with zero attached hydrogens (tertiary/aromatic N) is 2. The van der Waals surface area contributed by atoms with Gasteiger partial charge in [-0.2, -0.15) is 4.31 Å². The number of nitro groups is 1. The lowest BCUT2D eigenvalue weighted by Crippen LogP contribution is -2.66. The third-order valence-corrected chi connectivity index (χ3v) is 8.71. The Hall–Kier alpha value is -2.57. The number of hydrogen-bond donors (Lipinski definition) is 1. The summed E-state index contributed by atoms with van der Waals surface area (Å²) in [4.78, 5) is 11.4. The van der Waals surface area contributed by atoms with E-state index in [2.05, 4.69) is 5.32 Å². The molecular weight excluding hydrogens is 474 g/mol. The van der Waals surface area contributed by atoms with Gasteiger partial charge in [0.2, 0.25) is 10.0 Å². The van der Waals surface area contributed by atoms with Gasteiger partial charge in [-0.05, 0) is 43.5 Å². The highest BCUT2D eigenvalue weighted by molar-refractivity contribution is 7.89. The largest absolute Gasteiger partial charge is 0.383 e. The zero-order valence-electron chi connectivity index (χ0n) is 20.7. The minimum Gasteiger partial charge on any atom is -0.383 e. The first-order chi connectivity index (χ1) is 16.6. The Morgan fingerprint density at radius 3 is 2.29 bits per heavy atom. The van der Waals surface area contributed by atoms with Crippen molar-refractivity contribution in [3.63, 3.8) is 0 Å². The standard InChI is InChI=1S/C24H33N3O7S/c1-17-8-6-7-9-19(17)21(34-5)14-25-20-10-11-22(18(2)23(20)27(28)29)35(30,31)26-13-12-24(26,15-32-3)16-33-4/h6-11,21,25H,12-16H2,1-5H3. The Bertz CT molecular complexity index is 1160. The van der Waals surface area contributed by atoms with E-state index >= 15 is 0 Å². The maximum absolute atomic E-state index is 13.6. The molecule has 0 amide bonds. The molecule has 10 nitrogen and oxygen atoms in total. The predicted octanol–water partition coefficient (Wildman–Crippen LogP) is 3.44. The van der Waals surface area contributed by atoms with Crippen molar-refractivity contribution in [2.24, 2.45) is 0 Å². The van der Waals surface area contributed by atoms with Gasteiger partial charge in [-0.3, -0.25) is 10.1 Å². The smallest absolute Gasteiger partial charge is 0.296 e. The van der Waals surface area contributed by atoms with E-state index in [1.807, 2.05) is 31.2 Å². The number of aryl methyl sites for hydroxylation is 1. The molecule has 1 saturated heterocycles. The van der Waals surface area contributed by atoms with Crippen LogP contribution < -0.4 is 5.32 Å².